The summed E-state index contributed by atoms with van der Waals surface area (Å²) in [5, 5.41) is 11.5. The summed E-state index contributed by atoms with van der Waals surface area (Å²) < 4.78 is 10.5. The molecule has 0 aromatic heterocycles. The van der Waals surface area contributed by atoms with Crippen LogP contribution in [0.1, 0.15) is 11.1 Å². The minimum absolute atomic E-state index is 0.608. The number of hydrogen-bond donors (Lipinski definition) is 1. The molecule has 1 N–H and O–H groups in total. The van der Waals surface area contributed by atoms with E-state index in [2.05, 4.69) is 11.7 Å². The summed E-state index contributed by atoms with van der Waals surface area (Å²) >= 11 is 0. The van der Waals surface area contributed by atoms with E-state index in [0.29, 0.717) is 17.9 Å². The molecule has 0 aliphatic heterocycles. The molecule has 0 heterocycles. The summed E-state index contributed by atoms with van der Waals surface area (Å²) in [6.07, 6.45) is 3.78. The first kappa shape index (κ1) is 12.1. The molecule has 0 spiro atoms. The second-order valence-corrected chi connectivity index (χ2v) is 3.15. The Hall–Kier alpha value is -1.97. The smallest absolute Gasteiger partial charge is 0.164 e. The zero-order valence-corrected chi connectivity index (χ0v) is 9.43. The summed E-state index contributed by atoms with van der Waals surface area (Å²) in [7, 11) is 3.15. The van der Waals surface area contributed by atoms with E-state index in [1.807, 2.05) is 6.07 Å². The van der Waals surface area contributed by atoms with Crippen molar-refractivity contribution in [2.75, 3.05) is 14.2 Å². The highest BCUT2D eigenvalue weighted by Crippen LogP contribution is 2.32. The van der Waals surface area contributed by atoms with Crippen LogP contribution in [0.15, 0.2) is 29.9 Å². The van der Waals surface area contributed by atoms with Crippen molar-refractivity contribution in [3.8, 4) is 11.5 Å². The van der Waals surface area contributed by atoms with E-state index in [9.17, 15) is 0 Å². The lowest BCUT2D eigenvalue weighted by Gasteiger charge is -2.12. The predicted molar refractivity (Wildman–Crippen MR) is 62.8 cm³/mol. The molecule has 4 heteroatoms. The van der Waals surface area contributed by atoms with Gasteiger partial charge in [-0.05, 0) is 18.6 Å². The molecule has 0 bridgehead atoms. The van der Waals surface area contributed by atoms with Gasteiger partial charge in [0.2, 0.25) is 0 Å². The maximum absolute atomic E-state index is 8.51. The van der Waals surface area contributed by atoms with Crippen molar-refractivity contribution in [3.63, 3.8) is 0 Å². The Morgan fingerprint density at radius 3 is 2.62 bits per heavy atom. The van der Waals surface area contributed by atoms with Crippen LogP contribution in [0.2, 0.25) is 0 Å². The molecule has 16 heavy (non-hydrogen) atoms. The molecule has 0 aliphatic carbocycles. The van der Waals surface area contributed by atoms with Gasteiger partial charge in [-0.25, -0.2) is 0 Å². The SMILES string of the molecule is C=CCc1cc(/C=N/O)cc(OC)c1OC. The Kier molecular flexibility index (Phi) is 4.39. The fourth-order valence-electron chi connectivity index (χ4n) is 1.52. The number of oxime groups is 1. The Morgan fingerprint density at radius 1 is 1.38 bits per heavy atom. The van der Waals surface area contributed by atoms with Gasteiger partial charge in [0.15, 0.2) is 11.5 Å². The second-order valence-electron chi connectivity index (χ2n) is 3.15. The van der Waals surface area contributed by atoms with Crippen LogP contribution >= 0.6 is 0 Å². The van der Waals surface area contributed by atoms with Gasteiger partial charge in [0, 0.05) is 11.1 Å². The third kappa shape index (κ3) is 2.53. The van der Waals surface area contributed by atoms with Crippen LogP contribution in [0.3, 0.4) is 0 Å². The average Bonchev–Trinajstić information content (AvgIpc) is 2.29. The van der Waals surface area contributed by atoms with E-state index < -0.39 is 0 Å². The molecular formula is C12H15NO3. The molecule has 1 rings (SSSR count). The van der Waals surface area contributed by atoms with Crippen molar-refractivity contribution < 1.29 is 14.7 Å². The Bertz CT molecular complexity index is 399. The summed E-state index contributed by atoms with van der Waals surface area (Å²) in [4.78, 5) is 0. The van der Waals surface area contributed by atoms with Crippen LogP contribution < -0.4 is 9.47 Å². The molecule has 1 aromatic carbocycles. The van der Waals surface area contributed by atoms with E-state index in [-0.39, 0.29) is 0 Å². The molecule has 0 saturated heterocycles. The molecule has 0 saturated carbocycles. The van der Waals surface area contributed by atoms with Gasteiger partial charge in [0.05, 0.1) is 20.4 Å². The van der Waals surface area contributed by atoms with Crippen molar-refractivity contribution in [2.45, 2.75) is 6.42 Å². The topological polar surface area (TPSA) is 51.1 Å². The van der Waals surface area contributed by atoms with Gasteiger partial charge in [-0.1, -0.05) is 11.2 Å². The fourth-order valence-corrected chi connectivity index (χ4v) is 1.52. The quantitative estimate of drug-likeness (QED) is 0.359. The van der Waals surface area contributed by atoms with Crippen LogP contribution in [-0.2, 0) is 6.42 Å². The summed E-state index contributed by atoms with van der Waals surface area (Å²) in [5.74, 6) is 1.29. The summed E-state index contributed by atoms with van der Waals surface area (Å²) in [5.41, 5.74) is 1.68. The lowest BCUT2D eigenvalue weighted by Crippen LogP contribution is -1.97. The number of rotatable bonds is 5. The Morgan fingerprint density at radius 2 is 2.12 bits per heavy atom. The number of hydrogen-bond acceptors (Lipinski definition) is 4. The van der Waals surface area contributed by atoms with Crippen molar-refractivity contribution in [2.24, 2.45) is 5.16 Å². The number of allylic oxidation sites excluding steroid dienone is 1. The standard InChI is InChI=1S/C12H15NO3/c1-4-5-10-6-9(8-13-14)7-11(15-2)12(10)16-3/h4,6-8,14H,1,5H2,2-3H3/b13-8+. The molecule has 0 fully saturated rings. The van der Waals surface area contributed by atoms with Crippen molar-refractivity contribution >= 4 is 6.21 Å². The van der Waals surface area contributed by atoms with Gasteiger partial charge in [0.1, 0.15) is 0 Å². The van der Waals surface area contributed by atoms with Crippen LogP contribution in [-0.4, -0.2) is 25.6 Å². The average molecular weight is 221 g/mol. The van der Waals surface area contributed by atoms with E-state index in [4.69, 9.17) is 14.7 Å². The molecule has 0 amide bonds. The molecular weight excluding hydrogens is 206 g/mol. The van der Waals surface area contributed by atoms with Crippen molar-refractivity contribution in [1.29, 1.82) is 0 Å². The van der Waals surface area contributed by atoms with Crippen LogP contribution in [0.25, 0.3) is 0 Å². The molecule has 86 valence electrons. The van der Waals surface area contributed by atoms with Gasteiger partial charge in [-0.2, -0.15) is 0 Å². The number of methoxy groups -OCH3 is 2. The van der Waals surface area contributed by atoms with Gasteiger partial charge in [0.25, 0.3) is 0 Å². The van der Waals surface area contributed by atoms with Crippen LogP contribution in [0.5, 0.6) is 11.5 Å². The number of nitrogens with zero attached hydrogens (tertiary/aromatic N) is 1. The maximum atomic E-state index is 8.51. The molecule has 0 unspecified atom stereocenters. The third-order valence-electron chi connectivity index (χ3n) is 2.15. The Labute approximate surface area is 94.8 Å². The molecule has 0 aliphatic rings. The van der Waals surface area contributed by atoms with Crippen molar-refractivity contribution in [1.82, 2.24) is 0 Å². The predicted octanol–water partition coefficient (Wildman–Crippen LogP) is 2.24. The van der Waals surface area contributed by atoms with Crippen LogP contribution in [0, 0.1) is 0 Å². The number of benzene rings is 1. The highest BCUT2D eigenvalue weighted by molar-refractivity contribution is 5.81. The first-order chi connectivity index (χ1) is 7.76. The Balaban J connectivity index is 3.30. The molecule has 0 radical (unpaired) electrons. The maximum Gasteiger partial charge on any atom is 0.164 e. The zero-order valence-electron chi connectivity index (χ0n) is 9.43. The molecule has 4 nitrogen and oxygen atoms in total. The lowest BCUT2D eigenvalue weighted by molar-refractivity contribution is 0.321. The minimum atomic E-state index is 0.608. The highest BCUT2D eigenvalue weighted by atomic mass is 16.5. The van der Waals surface area contributed by atoms with E-state index in [1.54, 1.807) is 26.4 Å². The fraction of sp³-hybridized carbons (Fsp3) is 0.250. The largest absolute Gasteiger partial charge is 0.493 e. The molecule has 0 atom stereocenters. The normalized spacial score (nSPS) is 10.4. The van der Waals surface area contributed by atoms with Crippen molar-refractivity contribution in [3.05, 3.63) is 35.9 Å². The van der Waals surface area contributed by atoms with Gasteiger partial charge < -0.3 is 14.7 Å². The monoisotopic (exact) mass is 221 g/mol. The highest BCUT2D eigenvalue weighted by Gasteiger charge is 2.10. The molecule has 1 aromatic rings. The zero-order chi connectivity index (χ0) is 12.0. The lowest BCUT2D eigenvalue weighted by atomic mass is 10.1. The summed E-state index contributed by atoms with van der Waals surface area (Å²) in [6.45, 7) is 3.68. The van der Waals surface area contributed by atoms with Gasteiger partial charge in [-0.15, -0.1) is 6.58 Å². The number of ether oxygens (including phenoxy) is 2. The minimum Gasteiger partial charge on any atom is -0.493 e. The van der Waals surface area contributed by atoms with E-state index in [1.165, 1.54) is 6.21 Å². The van der Waals surface area contributed by atoms with E-state index in [0.717, 1.165) is 11.1 Å². The van der Waals surface area contributed by atoms with Crippen LogP contribution in [0.4, 0.5) is 0 Å². The van der Waals surface area contributed by atoms with Gasteiger partial charge >= 0.3 is 0 Å². The van der Waals surface area contributed by atoms with Gasteiger partial charge in [-0.3, -0.25) is 0 Å². The first-order valence-electron chi connectivity index (χ1n) is 4.80. The third-order valence-corrected chi connectivity index (χ3v) is 2.15. The first-order valence-corrected chi connectivity index (χ1v) is 4.80. The second kappa shape index (κ2) is 5.80. The summed E-state index contributed by atoms with van der Waals surface area (Å²) in [6, 6.07) is 3.61. The van der Waals surface area contributed by atoms with E-state index >= 15 is 0 Å².